The zero-order valence-electron chi connectivity index (χ0n) is 5.61. The van der Waals surface area contributed by atoms with Gasteiger partial charge in [0.05, 0.1) is 13.1 Å². The van der Waals surface area contributed by atoms with Gasteiger partial charge in [-0.25, -0.2) is 0 Å². The second kappa shape index (κ2) is 2.96. The summed E-state index contributed by atoms with van der Waals surface area (Å²) in [7, 11) is 0. The van der Waals surface area contributed by atoms with Gasteiger partial charge in [-0.05, 0) is 13.0 Å². The van der Waals surface area contributed by atoms with Gasteiger partial charge in [0, 0.05) is 6.54 Å². The topological polar surface area (TPSA) is 39.5 Å². The molecule has 0 spiro atoms. The van der Waals surface area contributed by atoms with E-state index in [1.807, 2.05) is 13.0 Å². The molecule has 1 fully saturated rings. The molecule has 0 aromatic heterocycles. The summed E-state index contributed by atoms with van der Waals surface area (Å²) in [4.78, 5) is 0. The third-order valence-electron chi connectivity index (χ3n) is 1.55. The molecule has 1 atom stereocenters. The molecule has 0 bridgehead atoms. The van der Waals surface area contributed by atoms with Crippen LogP contribution in [0.25, 0.3) is 0 Å². The molecule has 1 aliphatic heterocycles. The molecule has 0 aliphatic carbocycles. The van der Waals surface area contributed by atoms with Gasteiger partial charge in [0.1, 0.15) is 5.70 Å². The first kappa shape index (κ1) is 6.74. The lowest BCUT2D eigenvalue weighted by atomic mass is 10.3. The Morgan fingerprint density at radius 2 is 2.56 bits per heavy atom. The summed E-state index contributed by atoms with van der Waals surface area (Å²) >= 11 is 0. The Hall–Kier alpha value is -0.380. The summed E-state index contributed by atoms with van der Waals surface area (Å²) in [5, 5.41) is 14.3. The molecule has 1 heterocycles. The van der Waals surface area contributed by atoms with E-state index in [0.29, 0.717) is 11.6 Å². The number of hydroxylamine groups is 2. The largest absolute Gasteiger partial charge is 0.629 e. The lowest BCUT2D eigenvalue weighted by Gasteiger charge is -2.28. The van der Waals surface area contributed by atoms with Gasteiger partial charge in [0.2, 0.25) is 0 Å². The molecule has 0 aromatic carbocycles. The molecule has 1 rings (SSSR count). The first-order chi connectivity index (χ1) is 4.34. The van der Waals surface area contributed by atoms with E-state index in [1.54, 1.807) is 0 Å². The van der Waals surface area contributed by atoms with Crippen LogP contribution in [0.5, 0.6) is 0 Å². The molecule has 0 amide bonds. The third-order valence-corrected chi connectivity index (χ3v) is 1.55. The Morgan fingerprint density at radius 1 is 1.78 bits per heavy atom. The summed E-state index contributed by atoms with van der Waals surface area (Å²) in [5.41, 5.74) is 0.932. The summed E-state index contributed by atoms with van der Waals surface area (Å²) < 4.78 is 0. The van der Waals surface area contributed by atoms with Crippen LogP contribution in [-0.4, -0.2) is 19.6 Å². The lowest BCUT2D eigenvalue weighted by molar-refractivity contribution is -0.809. The molecule has 1 unspecified atom stereocenters. The van der Waals surface area contributed by atoms with E-state index < -0.39 is 0 Å². The summed E-state index contributed by atoms with van der Waals surface area (Å²) in [6.07, 6.45) is 1.88. The highest BCUT2D eigenvalue weighted by Crippen LogP contribution is 1.82. The first-order valence-corrected chi connectivity index (χ1v) is 3.23. The van der Waals surface area contributed by atoms with Crippen molar-refractivity contribution in [1.29, 1.82) is 0 Å². The van der Waals surface area contributed by atoms with Crippen molar-refractivity contribution in [2.75, 3.05) is 19.6 Å². The fraction of sp³-hybridized carbons (Fsp3) is 0.667. The number of allylic oxidation sites excluding steroid dienone is 1. The van der Waals surface area contributed by atoms with E-state index in [4.69, 9.17) is 0 Å². The highest BCUT2D eigenvalue weighted by Gasteiger charge is 2.09. The number of hydrogen-bond donors (Lipinski definition) is 2. The molecular weight excluding hydrogens is 116 g/mol. The van der Waals surface area contributed by atoms with Crippen molar-refractivity contribution < 1.29 is 5.06 Å². The number of quaternary nitrogens is 1. The molecule has 1 aliphatic rings. The minimum absolute atomic E-state index is 0.302. The van der Waals surface area contributed by atoms with Crippen LogP contribution in [0.1, 0.15) is 6.92 Å². The van der Waals surface area contributed by atoms with Crippen molar-refractivity contribution in [3.8, 4) is 0 Å². The van der Waals surface area contributed by atoms with Gasteiger partial charge < -0.3 is 15.6 Å². The molecule has 9 heavy (non-hydrogen) atoms. The molecule has 0 saturated carbocycles. The van der Waals surface area contributed by atoms with E-state index in [-0.39, 0.29) is 0 Å². The number of rotatable bonds is 0. The molecule has 0 radical (unpaired) electrons. The molecule has 0 aromatic rings. The van der Waals surface area contributed by atoms with E-state index in [9.17, 15) is 5.21 Å². The van der Waals surface area contributed by atoms with Gasteiger partial charge in [-0.15, -0.1) is 0 Å². The number of hydrogen-bond acceptors (Lipinski definition) is 2. The zero-order valence-corrected chi connectivity index (χ0v) is 5.61. The Kier molecular flexibility index (Phi) is 2.22. The smallest absolute Gasteiger partial charge is 0.117 e. The standard InChI is InChI=1S/C6H12N2O/c1-2-6-5-7-3-4-8(6)9/h2,7-8H,3-5H2,1H3. The second-order valence-corrected chi connectivity index (χ2v) is 2.16. The van der Waals surface area contributed by atoms with Gasteiger partial charge >= 0.3 is 0 Å². The average Bonchev–Trinajstić information content (AvgIpc) is 1.89. The maximum Gasteiger partial charge on any atom is 0.117 e. The normalized spacial score (nSPS) is 33.1. The average molecular weight is 128 g/mol. The Bertz CT molecular complexity index is 122. The predicted molar refractivity (Wildman–Crippen MR) is 35.8 cm³/mol. The predicted octanol–water partition coefficient (Wildman–Crippen LogP) is -1.12. The van der Waals surface area contributed by atoms with Gasteiger partial charge in [0.15, 0.2) is 0 Å². The van der Waals surface area contributed by atoms with Crippen molar-refractivity contribution in [2.24, 2.45) is 0 Å². The number of nitrogens with one attached hydrogen (secondary N) is 2. The van der Waals surface area contributed by atoms with Gasteiger partial charge in [-0.1, -0.05) is 0 Å². The van der Waals surface area contributed by atoms with E-state index >= 15 is 0 Å². The Morgan fingerprint density at radius 3 is 3.00 bits per heavy atom. The van der Waals surface area contributed by atoms with Crippen molar-refractivity contribution >= 4 is 0 Å². The van der Waals surface area contributed by atoms with Crippen LogP contribution in [0.15, 0.2) is 11.8 Å². The van der Waals surface area contributed by atoms with Crippen LogP contribution >= 0.6 is 0 Å². The van der Waals surface area contributed by atoms with Crippen LogP contribution in [0.4, 0.5) is 0 Å². The van der Waals surface area contributed by atoms with Crippen LogP contribution in [0.3, 0.4) is 0 Å². The van der Waals surface area contributed by atoms with E-state index in [1.165, 1.54) is 0 Å². The minimum Gasteiger partial charge on any atom is -0.629 e. The summed E-state index contributed by atoms with van der Waals surface area (Å²) in [6.45, 7) is 4.17. The van der Waals surface area contributed by atoms with Crippen molar-refractivity contribution in [3.05, 3.63) is 17.0 Å². The SMILES string of the molecule is CC=C1CNCC[NH+]1[O-]. The van der Waals surface area contributed by atoms with Crippen LogP contribution < -0.4 is 10.4 Å². The molecule has 2 N–H and O–H groups in total. The summed E-state index contributed by atoms with van der Waals surface area (Å²) in [5.74, 6) is 0. The van der Waals surface area contributed by atoms with Gasteiger partial charge in [-0.2, -0.15) is 0 Å². The zero-order chi connectivity index (χ0) is 6.69. The maximum absolute atomic E-state index is 10.9. The molecule has 3 heteroatoms. The number of piperazine rings is 1. The second-order valence-electron chi connectivity index (χ2n) is 2.16. The van der Waals surface area contributed by atoms with Gasteiger partial charge in [-0.3, -0.25) is 0 Å². The van der Waals surface area contributed by atoms with Crippen molar-refractivity contribution in [1.82, 2.24) is 5.32 Å². The Labute approximate surface area is 54.9 Å². The van der Waals surface area contributed by atoms with Crippen molar-refractivity contribution in [3.63, 3.8) is 0 Å². The van der Waals surface area contributed by atoms with E-state index in [0.717, 1.165) is 18.8 Å². The first-order valence-electron chi connectivity index (χ1n) is 3.23. The fourth-order valence-electron chi connectivity index (χ4n) is 0.947. The van der Waals surface area contributed by atoms with E-state index in [2.05, 4.69) is 5.32 Å². The quantitative estimate of drug-likeness (QED) is 0.405. The van der Waals surface area contributed by atoms with Crippen LogP contribution in [0.2, 0.25) is 0 Å². The minimum atomic E-state index is 0.302. The molecule has 52 valence electrons. The highest BCUT2D eigenvalue weighted by atomic mass is 16.5. The van der Waals surface area contributed by atoms with Crippen LogP contribution in [-0.2, 0) is 0 Å². The molecule has 1 saturated heterocycles. The summed E-state index contributed by atoms with van der Waals surface area (Å²) in [6, 6.07) is 0. The highest BCUT2D eigenvalue weighted by molar-refractivity contribution is 4.92. The molecule has 3 nitrogen and oxygen atoms in total. The molecular formula is C6H12N2O. The maximum atomic E-state index is 10.9. The fourth-order valence-corrected chi connectivity index (χ4v) is 0.947. The van der Waals surface area contributed by atoms with Crippen LogP contribution in [0, 0.1) is 5.21 Å². The van der Waals surface area contributed by atoms with Gasteiger partial charge in [0.25, 0.3) is 0 Å². The van der Waals surface area contributed by atoms with Crippen molar-refractivity contribution in [2.45, 2.75) is 6.92 Å². The lowest BCUT2D eigenvalue weighted by Crippen LogP contribution is -3.08. The third kappa shape index (κ3) is 1.51. The monoisotopic (exact) mass is 128 g/mol. The Balaban J connectivity index is 2.49.